The molecule has 0 radical (unpaired) electrons. The summed E-state index contributed by atoms with van der Waals surface area (Å²) in [7, 11) is 0. The fourth-order valence-corrected chi connectivity index (χ4v) is 2.96. The molecule has 24 heavy (non-hydrogen) atoms. The highest BCUT2D eigenvalue weighted by atomic mass is 19.1. The van der Waals surface area contributed by atoms with Gasteiger partial charge in [0.15, 0.2) is 11.6 Å². The van der Waals surface area contributed by atoms with Gasteiger partial charge < -0.3 is 5.32 Å². The van der Waals surface area contributed by atoms with Crippen LogP contribution in [0.5, 0.6) is 0 Å². The molecule has 1 aliphatic rings. The number of piperidine rings is 1. The Bertz CT molecular complexity index is 711. The van der Waals surface area contributed by atoms with Crippen molar-refractivity contribution in [2.24, 2.45) is 0 Å². The minimum atomic E-state index is -0.717. The first-order chi connectivity index (χ1) is 11.7. The Morgan fingerprint density at radius 3 is 2.38 bits per heavy atom. The molecule has 6 heteroatoms. The van der Waals surface area contributed by atoms with Gasteiger partial charge in [-0.05, 0) is 42.7 Å². The lowest BCUT2D eigenvalue weighted by molar-refractivity contribution is 0.211. The van der Waals surface area contributed by atoms with E-state index in [0.717, 1.165) is 44.6 Å². The van der Waals surface area contributed by atoms with E-state index < -0.39 is 11.6 Å². The van der Waals surface area contributed by atoms with Gasteiger partial charge in [0.1, 0.15) is 5.69 Å². The third kappa shape index (κ3) is 3.87. The zero-order valence-corrected chi connectivity index (χ0v) is 13.2. The predicted octanol–water partition coefficient (Wildman–Crippen LogP) is 3.31. The van der Waals surface area contributed by atoms with Crippen molar-refractivity contribution >= 4 is 5.69 Å². The van der Waals surface area contributed by atoms with Crippen molar-refractivity contribution in [1.29, 1.82) is 5.26 Å². The Labute approximate surface area is 139 Å². The van der Waals surface area contributed by atoms with E-state index in [9.17, 15) is 8.78 Å². The summed E-state index contributed by atoms with van der Waals surface area (Å²) in [5.74, 6) is -1.43. The summed E-state index contributed by atoms with van der Waals surface area (Å²) in [6.07, 6.45) is 5.17. The molecule has 124 valence electrons. The van der Waals surface area contributed by atoms with Crippen LogP contribution in [0.3, 0.4) is 0 Å². The Kier molecular flexibility index (Phi) is 5.02. The van der Waals surface area contributed by atoms with Crippen molar-refractivity contribution in [2.45, 2.75) is 25.4 Å². The van der Waals surface area contributed by atoms with Gasteiger partial charge in [0, 0.05) is 38.1 Å². The molecule has 1 aliphatic heterocycles. The number of nitrogens with one attached hydrogen (secondary N) is 1. The minimum Gasteiger partial charge on any atom is -0.377 e. The minimum absolute atomic E-state index is 0.0114. The Morgan fingerprint density at radius 1 is 1.17 bits per heavy atom. The molecule has 0 bridgehead atoms. The molecular weight excluding hydrogens is 310 g/mol. The standard InChI is InChI=1S/C18H18F2N4/c19-16-9-14(11-21)10-17(20)18(16)23-15-3-7-24(8-4-15)12-13-1-5-22-6-2-13/h1-2,5-6,9-10,15,23H,3-4,7-8,12H2. The maximum Gasteiger partial charge on any atom is 0.150 e. The van der Waals surface area contributed by atoms with Crippen LogP contribution >= 0.6 is 0 Å². The van der Waals surface area contributed by atoms with E-state index in [4.69, 9.17) is 5.26 Å². The molecule has 0 saturated carbocycles. The summed E-state index contributed by atoms with van der Waals surface area (Å²) >= 11 is 0. The number of benzene rings is 1. The highest BCUT2D eigenvalue weighted by molar-refractivity contribution is 5.51. The van der Waals surface area contributed by atoms with Gasteiger partial charge in [0.25, 0.3) is 0 Å². The van der Waals surface area contributed by atoms with E-state index in [1.807, 2.05) is 12.1 Å². The van der Waals surface area contributed by atoms with Gasteiger partial charge in [-0.25, -0.2) is 8.78 Å². The van der Waals surface area contributed by atoms with Crippen molar-refractivity contribution in [2.75, 3.05) is 18.4 Å². The van der Waals surface area contributed by atoms with Crippen molar-refractivity contribution in [3.63, 3.8) is 0 Å². The first kappa shape index (κ1) is 16.3. The average molecular weight is 328 g/mol. The van der Waals surface area contributed by atoms with E-state index in [0.29, 0.717) is 0 Å². The molecule has 0 spiro atoms. The second kappa shape index (κ2) is 7.37. The largest absolute Gasteiger partial charge is 0.377 e. The number of likely N-dealkylation sites (tertiary alicyclic amines) is 1. The summed E-state index contributed by atoms with van der Waals surface area (Å²) in [4.78, 5) is 6.32. The molecule has 3 rings (SSSR count). The number of nitriles is 1. The van der Waals surface area contributed by atoms with Gasteiger partial charge in [-0.1, -0.05) is 0 Å². The van der Waals surface area contributed by atoms with Crippen LogP contribution in [-0.2, 0) is 6.54 Å². The van der Waals surface area contributed by atoms with E-state index >= 15 is 0 Å². The van der Waals surface area contributed by atoms with Crippen LogP contribution < -0.4 is 5.32 Å². The van der Waals surface area contributed by atoms with Gasteiger partial charge in [0.05, 0.1) is 11.6 Å². The van der Waals surface area contributed by atoms with E-state index in [1.165, 1.54) is 5.56 Å². The lowest BCUT2D eigenvalue weighted by Crippen LogP contribution is -2.39. The fourth-order valence-electron chi connectivity index (χ4n) is 2.96. The second-order valence-corrected chi connectivity index (χ2v) is 5.98. The molecule has 0 unspecified atom stereocenters. The third-order valence-electron chi connectivity index (χ3n) is 4.26. The molecule has 1 saturated heterocycles. The highest BCUT2D eigenvalue weighted by Gasteiger charge is 2.21. The zero-order chi connectivity index (χ0) is 16.9. The molecule has 0 atom stereocenters. The lowest BCUT2D eigenvalue weighted by Gasteiger charge is -2.33. The topological polar surface area (TPSA) is 52.0 Å². The molecule has 0 aliphatic carbocycles. The number of anilines is 1. The van der Waals surface area contributed by atoms with Gasteiger partial charge in [-0.2, -0.15) is 5.26 Å². The van der Waals surface area contributed by atoms with E-state index in [-0.39, 0.29) is 17.3 Å². The van der Waals surface area contributed by atoms with Gasteiger partial charge >= 0.3 is 0 Å². The molecule has 1 aromatic heterocycles. The Balaban J connectivity index is 1.57. The molecule has 2 heterocycles. The number of nitrogens with zero attached hydrogens (tertiary/aromatic N) is 3. The van der Waals surface area contributed by atoms with Crippen LogP contribution in [0, 0.1) is 23.0 Å². The van der Waals surface area contributed by atoms with Gasteiger partial charge in [-0.15, -0.1) is 0 Å². The van der Waals surface area contributed by atoms with Crippen LogP contribution in [0.4, 0.5) is 14.5 Å². The van der Waals surface area contributed by atoms with Crippen molar-refractivity contribution in [3.05, 3.63) is 59.4 Å². The quantitative estimate of drug-likeness (QED) is 0.935. The van der Waals surface area contributed by atoms with Crippen molar-refractivity contribution in [1.82, 2.24) is 9.88 Å². The monoisotopic (exact) mass is 328 g/mol. The molecule has 1 fully saturated rings. The van der Waals surface area contributed by atoms with Crippen LogP contribution in [0.2, 0.25) is 0 Å². The normalized spacial score (nSPS) is 15.9. The number of hydrogen-bond donors (Lipinski definition) is 1. The maximum atomic E-state index is 13.9. The van der Waals surface area contributed by atoms with E-state index in [2.05, 4.69) is 15.2 Å². The summed E-state index contributed by atoms with van der Waals surface area (Å²) in [5.41, 5.74) is 1.06. The Morgan fingerprint density at radius 2 is 1.79 bits per heavy atom. The number of hydrogen-bond acceptors (Lipinski definition) is 4. The van der Waals surface area contributed by atoms with E-state index in [1.54, 1.807) is 18.5 Å². The fraction of sp³-hybridized carbons (Fsp3) is 0.333. The number of rotatable bonds is 4. The molecule has 4 nitrogen and oxygen atoms in total. The summed E-state index contributed by atoms with van der Waals surface area (Å²) in [5, 5.41) is 11.7. The first-order valence-electron chi connectivity index (χ1n) is 7.92. The molecular formula is C18H18F2N4. The number of aromatic nitrogens is 1. The zero-order valence-electron chi connectivity index (χ0n) is 13.2. The number of pyridine rings is 1. The SMILES string of the molecule is N#Cc1cc(F)c(NC2CCN(Cc3ccncc3)CC2)c(F)c1. The first-order valence-corrected chi connectivity index (χ1v) is 7.92. The Hall–Kier alpha value is -2.52. The van der Waals surface area contributed by atoms with Gasteiger partial charge in [-0.3, -0.25) is 9.88 Å². The number of halogens is 2. The van der Waals surface area contributed by atoms with Crippen LogP contribution in [0.25, 0.3) is 0 Å². The third-order valence-corrected chi connectivity index (χ3v) is 4.26. The van der Waals surface area contributed by atoms with Crippen LogP contribution in [0.1, 0.15) is 24.0 Å². The summed E-state index contributed by atoms with van der Waals surface area (Å²) in [6.45, 7) is 2.58. The lowest BCUT2D eigenvalue weighted by atomic mass is 10.0. The van der Waals surface area contributed by atoms with Crippen LogP contribution in [-0.4, -0.2) is 29.0 Å². The molecule has 0 amide bonds. The maximum absolute atomic E-state index is 13.9. The summed E-state index contributed by atoms with van der Waals surface area (Å²) in [6, 6.07) is 7.88. The van der Waals surface area contributed by atoms with Crippen molar-refractivity contribution in [3.8, 4) is 6.07 Å². The highest BCUT2D eigenvalue weighted by Crippen LogP contribution is 2.24. The smallest absolute Gasteiger partial charge is 0.150 e. The molecule has 2 aromatic rings. The predicted molar refractivity (Wildman–Crippen MR) is 87.2 cm³/mol. The second-order valence-electron chi connectivity index (χ2n) is 5.98. The van der Waals surface area contributed by atoms with Crippen molar-refractivity contribution < 1.29 is 8.78 Å². The van der Waals surface area contributed by atoms with Crippen LogP contribution in [0.15, 0.2) is 36.7 Å². The molecule has 1 N–H and O–H groups in total. The van der Waals surface area contributed by atoms with Gasteiger partial charge in [0.2, 0.25) is 0 Å². The molecule has 1 aromatic carbocycles. The average Bonchev–Trinajstić information content (AvgIpc) is 2.60. The summed E-state index contributed by atoms with van der Waals surface area (Å²) < 4.78 is 27.9.